The molecule has 6 nitrogen and oxygen atoms in total. The number of aliphatic imine (C=N–C) groups is 1. The maximum Gasteiger partial charge on any atom is 0.306 e. The quantitative estimate of drug-likeness (QED) is 0.801. The Morgan fingerprint density at radius 3 is 3.00 bits per heavy atom. The normalized spacial score (nSPS) is 35.0. The van der Waals surface area contributed by atoms with E-state index >= 15 is 0 Å². The van der Waals surface area contributed by atoms with E-state index in [9.17, 15) is 14.7 Å². The minimum absolute atomic E-state index is 0.000882. The van der Waals surface area contributed by atoms with Gasteiger partial charge in [-0.25, -0.2) is 0 Å². The molecule has 5 unspecified atom stereocenters. The summed E-state index contributed by atoms with van der Waals surface area (Å²) in [6.07, 6.45) is 9.31. The van der Waals surface area contributed by atoms with Gasteiger partial charge < -0.3 is 15.1 Å². The van der Waals surface area contributed by atoms with Gasteiger partial charge in [0.25, 0.3) is 0 Å². The van der Waals surface area contributed by atoms with Gasteiger partial charge >= 0.3 is 5.97 Å². The number of rotatable bonds is 4. The van der Waals surface area contributed by atoms with Gasteiger partial charge in [0.05, 0.1) is 29.8 Å². The molecule has 26 heavy (non-hydrogen) atoms. The molecule has 0 saturated carbocycles. The van der Waals surface area contributed by atoms with E-state index in [1.807, 2.05) is 0 Å². The first-order valence-corrected chi connectivity index (χ1v) is 9.61. The smallest absolute Gasteiger partial charge is 0.306 e. The fraction of sp³-hybridized carbons (Fsp3) is 0.650. The van der Waals surface area contributed by atoms with Crippen LogP contribution in [0.15, 0.2) is 28.9 Å². The Labute approximate surface area is 153 Å². The van der Waals surface area contributed by atoms with Gasteiger partial charge in [-0.15, -0.1) is 0 Å². The summed E-state index contributed by atoms with van der Waals surface area (Å²) < 4.78 is 0. The second-order valence-corrected chi connectivity index (χ2v) is 8.12. The van der Waals surface area contributed by atoms with E-state index in [1.165, 1.54) is 6.08 Å². The van der Waals surface area contributed by atoms with Crippen LogP contribution in [0.4, 0.5) is 0 Å². The first kappa shape index (κ1) is 17.5. The van der Waals surface area contributed by atoms with Gasteiger partial charge in [0.2, 0.25) is 0 Å². The molecule has 5 atom stereocenters. The van der Waals surface area contributed by atoms with E-state index in [2.05, 4.69) is 17.2 Å². The zero-order valence-electron chi connectivity index (χ0n) is 15.1. The number of carbonyl (C=O) groups is 2. The summed E-state index contributed by atoms with van der Waals surface area (Å²) in [7, 11) is 0. The fourth-order valence-corrected chi connectivity index (χ4v) is 5.20. The summed E-state index contributed by atoms with van der Waals surface area (Å²) in [5, 5.41) is 20.0. The minimum Gasteiger partial charge on any atom is -0.481 e. The molecule has 0 bridgehead atoms. The lowest BCUT2D eigenvalue weighted by molar-refractivity contribution is -0.141. The Bertz CT molecular complexity index is 725. The molecule has 1 aliphatic carbocycles. The SMILES string of the molecule is CCC(O)(CC(=O)O)C1=CC(=O)C2=NC3C(CC2C1)CN1C=CCCC31. The van der Waals surface area contributed by atoms with E-state index in [-0.39, 0.29) is 30.6 Å². The van der Waals surface area contributed by atoms with E-state index in [0.717, 1.165) is 25.8 Å². The van der Waals surface area contributed by atoms with Crippen LogP contribution in [0, 0.1) is 11.8 Å². The summed E-state index contributed by atoms with van der Waals surface area (Å²) in [5.74, 6) is -0.763. The molecule has 0 radical (unpaired) electrons. The second-order valence-electron chi connectivity index (χ2n) is 8.12. The highest BCUT2D eigenvalue weighted by Crippen LogP contribution is 2.43. The number of allylic oxidation sites excluding steroid dienone is 2. The number of nitrogens with zero attached hydrogens (tertiary/aromatic N) is 2. The number of hydrogen-bond donors (Lipinski definition) is 2. The first-order valence-electron chi connectivity index (χ1n) is 9.61. The summed E-state index contributed by atoms with van der Waals surface area (Å²) in [4.78, 5) is 31.2. The molecule has 6 heteroatoms. The lowest BCUT2D eigenvalue weighted by atomic mass is 9.71. The van der Waals surface area contributed by atoms with Crippen LogP contribution in [-0.2, 0) is 9.59 Å². The van der Waals surface area contributed by atoms with E-state index < -0.39 is 11.6 Å². The largest absolute Gasteiger partial charge is 0.481 e. The highest BCUT2D eigenvalue weighted by atomic mass is 16.4. The van der Waals surface area contributed by atoms with E-state index in [1.54, 1.807) is 6.92 Å². The van der Waals surface area contributed by atoms with E-state index in [0.29, 0.717) is 29.7 Å². The molecule has 2 N–H and O–H groups in total. The number of hydrogen-bond acceptors (Lipinski definition) is 5. The molecule has 4 aliphatic rings. The summed E-state index contributed by atoms with van der Waals surface area (Å²) in [5.41, 5.74) is -0.245. The fourth-order valence-electron chi connectivity index (χ4n) is 5.20. The van der Waals surface area contributed by atoms with Gasteiger partial charge in [-0.1, -0.05) is 13.0 Å². The third kappa shape index (κ3) is 2.80. The van der Waals surface area contributed by atoms with Crippen molar-refractivity contribution < 1.29 is 19.8 Å². The Hall–Kier alpha value is -1.95. The van der Waals surface area contributed by atoms with Gasteiger partial charge in [-0.2, -0.15) is 0 Å². The number of carboxylic acids is 1. The molecule has 1 fully saturated rings. The van der Waals surface area contributed by atoms with Gasteiger partial charge in [-0.3, -0.25) is 14.6 Å². The number of fused-ring (bicyclic) bond motifs is 4. The predicted octanol–water partition coefficient (Wildman–Crippen LogP) is 1.94. The average molecular weight is 358 g/mol. The van der Waals surface area contributed by atoms with Crippen molar-refractivity contribution in [2.45, 2.75) is 63.1 Å². The molecular formula is C20H26N2O4. The van der Waals surface area contributed by atoms with Crippen molar-refractivity contribution in [1.82, 2.24) is 4.90 Å². The average Bonchev–Trinajstić information content (AvgIpc) is 2.97. The maximum atomic E-state index is 12.7. The molecule has 0 spiro atoms. The Kier molecular flexibility index (Phi) is 4.26. The van der Waals surface area contributed by atoms with Gasteiger partial charge in [0, 0.05) is 18.4 Å². The highest BCUT2D eigenvalue weighted by Gasteiger charge is 2.48. The number of carboxylic acid groups (broad SMARTS) is 1. The van der Waals surface area contributed by atoms with Crippen LogP contribution < -0.4 is 0 Å². The lowest BCUT2D eigenvalue weighted by Gasteiger charge is -2.38. The molecule has 3 heterocycles. The Balaban J connectivity index is 1.61. The Morgan fingerprint density at radius 2 is 2.27 bits per heavy atom. The summed E-state index contributed by atoms with van der Waals surface area (Å²) in [6.45, 7) is 2.73. The van der Waals surface area contributed by atoms with Crippen molar-refractivity contribution >= 4 is 17.5 Å². The van der Waals surface area contributed by atoms with Gasteiger partial charge in [0.15, 0.2) is 5.78 Å². The van der Waals surface area contributed by atoms with Crippen molar-refractivity contribution in [3.63, 3.8) is 0 Å². The van der Waals surface area contributed by atoms with Crippen LogP contribution in [0.1, 0.15) is 45.4 Å². The summed E-state index contributed by atoms with van der Waals surface area (Å²) in [6, 6.07) is 0.588. The predicted molar refractivity (Wildman–Crippen MR) is 96.9 cm³/mol. The summed E-state index contributed by atoms with van der Waals surface area (Å²) >= 11 is 0. The van der Waals surface area contributed by atoms with Crippen molar-refractivity contribution in [3.05, 3.63) is 23.9 Å². The van der Waals surface area contributed by atoms with Crippen LogP contribution >= 0.6 is 0 Å². The topological polar surface area (TPSA) is 90.2 Å². The monoisotopic (exact) mass is 358 g/mol. The van der Waals surface area contributed by atoms with E-state index in [4.69, 9.17) is 10.1 Å². The zero-order chi connectivity index (χ0) is 18.5. The first-order chi connectivity index (χ1) is 12.4. The molecule has 0 aromatic heterocycles. The molecule has 3 aliphatic heterocycles. The van der Waals surface area contributed by atoms with Crippen molar-refractivity contribution in [2.75, 3.05) is 6.54 Å². The second kappa shape index (κ2) is 6.34. The van der Waals surface area contributed by atoms with Crippen molar-refractivity contribution in [2.24, 2.45) is 16.8 Å². The van der Waals surface area contributed by atoms with Crippen LogP contribution in [0.2, 0.25) is 0 Å². The standard InChI is InChI=1S/C20H26N2O4/c1-2-20(26,10-17(24)25)14-8-12-7-13-11-22-6-4-3-5-15(22)18(13)21-19(12)16(23)9-14/h4,6,9,12-13,15,18,26H,2-3,5,7-8,10-11H2,1H3,(H,24,25). The Morgan fingerprint density at radius 1 is 1.46 bits per heavy atom. The van der Waals surface area contributed by atoms with Crippen LogP contribution in [0.25, 0.3) is 0 Å². The molecule has 0 aromatic carbocycles. The number of carbonyl (C=O) groups excluding carboxylic acids is 1. The molecule has 1 saturated heterocycles. The van der Waals surface area contributed by atoms with Gasteiger partial charge in [0.1, 0.15) is 0 Å². The van der Waals surface area contributed by atoms with Crippen LogP contribution in [0.5, 0.6) is 0 Å². The molecule has 4 rings (SSSR count). The molecule has 0 aromatic rings. The lowest BCUT2D eigenvalue weighted by Crippen LogP contribution is -2.44. The number of aliphatic hydroxyl groups is 1. The minimum atomic E-state index is -1.44. The highest BCUT2D eigenvalue weighted by molar-refractivity contribution is 6.45. The molecule has 140 valence electrons. The third-order valence-electron chi connectivity index (χ3n) is 6.59. The van der Waals surface area contributed by atoms with Crippen molar-refractivity contribution in [1.29, 1.82) is 0 Å². The number of aliphatic carboxylic acids is 1. The molecular weight excluding hydrogens is 332 g/mol. The van der Waals surface area contributed by atoms with Gasteiger partial charge in [-0.05, 0) is 50.0 Å². The van der Waals surface area contributed by atoms with Crippen LogP contribution in [0.3, 0.4) is 0 Å². The van der Waals surface area contributed by atoms with Crippen molar-refractivity contribution in [3.8, 4) is 0 Å². The molecule has 0 amide bonds. The maximum absolute atomic E-state index is 12.7. The zero-order valence-corrected chi connectivity index (χ0v) is 15.1. The third-order valence-corrected chi connectivity index (χ3v) is 6.59. The number of ketones is 1. The van der Waals surface area contributed by atoms with Crippen LogP contribution in [-0.4, -0.2) is 56.8 Å².